The average molecular weight is 1260 g/mol. The van der Waals surface area contributed by atoms with E-state index in [4.69, 9.17) is 37.0 Å². The van der Waals surface area contributed by atoms with E-state index in [2.05, 4.69) is 55.4 Å². The van der Waals surface area contributed by atoms with Gasteiger partial charge in [0.15, 0.2) is 12.2 Å². The van der Waals surface area contributed by atoms with Gasteiger partial charge in [-0.3, -0.25) is 37.3 Å². The lowest BCUT2D eigenvalue weighted by atomic mass is 10.00. The number of rotatable bonds is 63. The summed E-state index contributed by atoms with van der Waals surface area (Å²) in [5.74, 6) is 0.793. The van der Waals surface area contributed by atoms with E-state index in [9.17, 15) is 43.2 Å². The predicted molar refractivity (Wildman–Crippen MR) is 340 cm³/mol. The number of unbranched alkanes of at least 4 members (excludes halogenated alkanes) is 27. The Morgan fingerprint density at radius 1 is 0.329 bits per heavy atom. The van der Waals surface area contributed by atoms with Gasteiger partial charge in [0.25, 0.3) is 0 Å². The SMILES string of the molecule is CCC(C)CCCCCCCCC(=O)OC[C@H](COP(=O)(O)OCC(O)COP(=O)(O)OC[C@@H](COC(=O)CCCCCCCCCC(C)C)OC(=O)CCCCCCCCC(C)CC)OC(=O)CCCCCCCCCCCCCCC(C)C. The Morgan fingerprint density at radius 3 is 0.835 bits per heavy atom. The Labute approximate surface area is 517 Å². The highest BCUT2D eigenvalue weighted by atomic mass is 31.2. The van der Waals surface area contributed by atoms with E-state index < -0.39 is 97.5 Å². The maximum atomic E-state index is 13.0. The first-order valence-corrected chi connectivity index (χ1v) is 37.3. The predicted octanol–water partition coefficient (Wildman–Crippen LogP) is 18.1. The molecule has 0 saturated carbocycles. The maximum absolute atomic E-state index is 13.0. The van der Waals surface area contributed by atoms with Gasteiger partial charge >= 0.3 is 39.5 Å². The first kappa shape index (κ1) is 83.1. The van der Waals surface area contributed by atoms with Crippen LogP contribution in [0.3, 0.4) is 0 Å². The molecule has 7 atom stereocenters. The Morgan fingerprint density at radius 2 is 0.565 bits per heavy atom. The molecule has 0 aliphatic heterocycles. The highest BCUT2D eigenvalue weighted by Crippen LogP contribution is 2.45. The Hall–Kier alpha value is -1.94. The molecule has 0 fully saturated rings. The number of esters is 4. The van der Waals surface area contributed by atoms with Crippen molar-refractivity contribution in [3.05, 3.63) is 0 Å². The summed E-state index contributed by atoms with van der Waals surface area (Å²) in [6.45, 7) is 14.0. The average Bonchev–Trinajstić information content (AvgIpc) is 3.50. The summed E-state index contributed by atoms with van der Waals surface area (Å²) in [5.41, 5.74) is 0. The number of carbonyl (C=O) groups is 4. The van der Waals surface area contributed by atoms with Gasteiger partial charge in [-0.15, -0.1) is 0 Å². The minimum absolute atomic E-state index is 0.101. The minimum atomic E-state index is -4.95. The zero-order valence-electron chi connectivity index (χ0n) is 55.2. The third-order valence-electron chi connectivity index (χ3n) is 15.8. The number of phosphoric ester groups is 2. The van der Waals surface area contributed by atoms with Crippen LogP contribution < -0.4 is 0 Å². The molecule has 0 heterocycles. The van der Waals surface area contributed by atoms with Crippen molar-refractivity contribution in [2.75, 3.05) is 39.6 Å². The van der Waals surface area contributed by atoms with Gasteiger partial charge in [-0.25, -0.2) is 9.13 Å². The van der Waals surface area contributed by atoms with Gasteiger partial charge in [-0.1, -0.05) is 267 Å². The fourth-order valence-corrected chi connectivity index (χ4v) is 11.3. The van der Waals surface area contributed by atoms with Crippen LogP contribution in [0.5, 0.6) is 0 Å². The molecule has 0 aliphatic carbocycles. The smallest absolute Gasteiger partial charge is 0.462 e. The fraction of sp³-hybridized carbons (Fsp3) is 0.939. The largest absolute Gasteiger partial charge is 0.472 e. The minimum Gasteiger partial charge on any atom is -0.462 e. The zero-order valence-corrected chi connectivity index (χ0v) is 57.0. The summed E-state index contributed by atoms with van der Waals surface area (Å²) >= 11 is 0. The summed E-state index contributed by atoms with van der Waals surface area (Å²) in [7, 11) is -9.89. The third kappa shape index (κ3) is 58.2. The van der Waals surface area contributed by atoms with Crippen molar-refractivity contribution >= 4 is 39.5 Å². The molecule has 0 saturated heterocycles. The van der Waals surface area contributed by atoms with Gasteiger partial charge in [-0.05, 0) is 49.4 Å². The van der Waals surface area contributed by atoms with E-state index in [0.717, 1.165) is 120 Å². The van der Waals surface area contributed by atoms with Crippen molar-refractivity contribution in [1.82, 2.24) is 0 Å². The third-order valence-corrected chi connectivity index (χ3v) is 17.7. The summed E-state index contributed by atoms with van der Waals surface area (Å²) in [5, 5.41) is 10.5. The number of aliphatic hydroxyl groups excluding tert-OH is 1. The molecule has 0 aromatic carbocycles. The van der Waals surface area contributed by atoms with E-state index in [1.165, 1.54) is 109 Å². The van der Waals surface area contributed by atoms with E-state index in [0.29, 0.717) is 31.6 Å². The maximum Gasteiger partial charge on any atom is 0.472 e. The molecular weight excluding hydrogens is 1130 g/mol. The Balaban J connectivity index is 5.25. The molecule has 19 heteroatoms. The second-order valence-electron chi connectivity index (χ2n) is 25.3. The quantitative estimate of drug-likeness (QED) is 0.0222. The van der Waals surface area contributed by atoms with E-state index >= 15 is 0 Å². The van der Waals surface area contributed by atoms with Gasteiger partial charge in [-0.2, -0.15) is 0 Å². The van der Waals surface area contributed by atoms with Crippen molar-refractivity contribution in [2.24, 2.45) is 23.7 Å². The first-order valence-electron chi connectivity index (χ1n) is 34.3. The van der Waals surface area contributed by atoms with E-state index in [1.54, 1.807) is 0 Å². The molecule has 0 bridgehead atoms. The number of ether oxygens (including phenoxy) is 4. The highest BCUT2D eigenvalue weighted by molar-refractivity contribution is 7.47. The summed E-state index contributed by atoms with van der Waals surface area (Å²) in [6, 6.07) is 0. The normalized spacial score (nSPS) is 15.0. The molecule has 3 N–H and O–H groups in total. The molecular formula is C66H128O17P2. The van der Waals surface area contributed by atoms with Gasteiger partial charge in [0, 0.05) is 25.7 Å². The number of phosphoric acid groups is 2. The second kappa shape index (κ2) is 56.1. The number of carbonyl (C=O) groups excluding carboxylic acids is 4. The van der Waals surface area contributed by atoms with E-state index in [-0.39, 0.29) is 25.7 Å². The monoisotopic (exact) mass is 1250 g/mol. The molecule has 0 aromatic heterocycles. The molecule has 17 nitrogen and oxygen atoms in total. The highest BCUT2D eigenvalue weighted by Gasteiger charge is 2.30. The van der Waals surface area contributed by atoms with Gasteiger partial charge in [0.05, 0.1) is 26.4 Å². The molecule has 0 radical (unpaired) electrons. The molecule has 85 heavy (non-hydrogen) atoms. The second-order valence-corrected chi connectivity index (χ2v) is 28.2. The lowest BCUT2D eigenvalue weighted by molar-refractivity contribution is -0.161. The van der Waals surface area contributed by atoms with Crippen LogP contribution >= 0.6 is 15.6 Å². The Kier molecular flexibility index (Phi) is 54.8. The van der Waals surface area contributed by atoms with Crippen LogP contribution in [-0.2, 0) is 65.4 Å². The molecule has 0 rings (SSSR count). The lowest BCUT2D eigenvalue weighted by Gasteiger charge is -2.21. The van der Waals surface area contributed by atoms with Crippen LogP contribution in [0, 0.1) is 23.7 Å². The number of hydrogen-bond acceptors (Lipinski definition) is 15. The van der Waals surface area contributed by atoms with Crippen LogP contribution in [-0.4, -0.2) is 96.7 Å². The summed E-state index contributed by atoms with van der Waals surface area (Å²) in [4.78, 5) is 72.3. The fourth-order valence-electron chi connectivity index (χ4n) is 9.72. The Bertz CT molecular complexity index is 1700. The van der Waals surface area contributed by atoms with Gasteiger partial charge in [0.2, 0.25) is 0 Å². The molecule has 5 unspecified atom stereocenters. The number of hydrogen-bond donors (Lipinski definition) is 3. The zero-order chi connectivity index (χ0) is 63.2. The van der Waals surface area contributed by atoms with Crippen molar-refractivity contribution in [3.8, 4) is 0 Å². The molecule has 0 amide bonds. The number of aliphatic hydroxyl groups is 1. The van der Waals surface area contributed by atoms with Crippen LogP contribution in [0.2, 0.25) is 0 Å². The molecule has 0 aliphatic rings. The topological polar surface area (TPSA) is 237 Å². The van der Waals surface area contributed by atoms with Crippen molar-refractivity contribution in [2.45, 2.75) is 337 Å². The standard InChI is InChI=1S/C66H128O17P2/c1-9-58(7)44-36-28-22-24-31-39-47-64(69)77-53-61(82-65(70)48-40-32-20-16-14-12-11-13-15-18-26-34-42-56(3)4)54-80-84(72,73)78-50-60(67)51-79-85(74,75)81-55-62(83-66(71)49-41-33-25-23-29-37-45-59(8)10-2)52-76-63(68)46-38-30-21-17-19-27-35-43-57(5)6/h56-62,67H,9-55H2,1-8H3,(H,72,73)(H,74,75)/t58?,59?,60?,61-,62-/m1/s1. The first-order chi connectivity index (χ1) is 40.7. The van der Waals surface area contributed by atoms with Crippen molar-refractivity contribution < 1.29 is 80.2 Å². The molecule has 0 spiro atoms. The van der Waals surface area contributed by atoms with Crippen LogP contribution in [0.15, 0.2) is 0 Å². The van der Waals surface area contributed by atoms with Gasteiger partial charge < -0.3 is 33.8 Å². The van der Waals surface area contributed by atoms with Crippen LogP contribution in [0.1, 0.15) is 319 Å². The summed E-state index contributed by atoms with van der Waals surface area (Å²) < 4.78 is 68.1. The van der Waals surface area contributed by atoms with Gasteiger partial charge in [0.1, 0.15) is 19.3 Å². The lowest BCUT2D eigenvalue weighted by Crippen LogP contribution is -2.30. The van der Waals surface area contributed by atoms with Crippen LogP contribution in [0.4, 0.5) is 0 Å². The summed E-state index contributed by atoms with van der Waals surface area (Å²) in [6.07, 6.45) is 36.3. The van der Waals surface area contributed by atoms with Crippen LogP contribution in [0.25, 0.3) is 0 Å². The molecule has 0 aromatic rings. The van der Waals surface area contributed by atoms with Crippen molar-refractivity contribution in [1.29, 1.82) is 0 Å². The van der Waals surface area contributed by atoms with E-state index in [1.807, 2.05) is 0 Å². The van der Waals surface area contributed by atoms with Crippen molar-refractivity contribution in [3.63, 3.8) is 0 Å². The molecule has 504 valence electrons.